The molecule has 29 heavy (non-hydrogen) atoms. The van der Waals surface area contributed by atoms with E-state index in [1.165, 1.54) is 60.8 Å². The number of sulfonamides is 1. The number of anilines is 1. The van der Waals surface area contributed by atoms with Crippen LogP contribution >= 0.6 is 11.6 Å². The van der Waals surface area contributed by atoms with Gasteiger partial charge in [-0.15, -0.1) is 0 Å². The molecule has 0 atom stereocenters. The largest absolute Gasteiger partial charge is 0.278 e. The predicted molar refractivity (Wildman–Crippen MR) is 110 cm³/mol. The Balaban J connectivity index is 1.73. The lowest BCUT2D eigenvalue weighted by Gasteiger charge is -2.10. The van der Waals surface area contributed by atoms with Crippen LogP contribution in [0.5, 0.6) is 0 Å². The van der Waals surface area contributed by atoms with Crippen molar-refractivity contribution >= 4 is 39.4 Å². The lowest BCUT2D eigenvalue weighted by Crippen LogP contribution is -2.19. The zero-order chi connectivity index (χ0) is 20.9. The summed E-state index contributed by atoms with van der Waals surface area (Å²) in [5.41, 5.74) is 3.22. The molecule has 0 spiro atoms. The molecule has 9 heteroatoms. The van der Waals surface area contributed by atoms with E-state index < -0.39 is 15.9 Å². The van der Waals surface area contributed by atoms with Gasteiger partial charge in [0.2, 0.25) is 0 Å². The summed E-state index contributed by atoms with van der Waals surface area (Å²) in [6, 6.07) is 17.4. The molecule has 3 aromatic carbocycles. The Bertz CT molecular complexity index is 1170. The number of hydrazone groups is 1. The Kier molecular flexibility index (Phi) is 6.26. The first-order valence-electron chi connectivity index (χ1n) is 8.31. The maximum atomic E-state index is 12.9. The van der Waals surface area contributed by atoms with Crippen molar-refractivity contribution in [1.29, 1.82) is 0 Å². The fourth-order valence-corrected chi connectivity index (χ4v) is 3.70. The van der Waals surface area contributed by atoms with Gasteiger partial charge in [-0.05, 0) is 48.0 Å². The van der Waals surface area contributed by atoms with E-state index in [2.05, 4.69) is 15.2 Å². The molecule has 148 valence electrons. The van der Waals surface area contributed by atoms with E-state index in [1.54, 1.807) is 18.2 Å². The monoisotopic (exact) mass is 431 g/mol. The second-order valence-electron chi connectivity index (χ2n) is 5.86. The molecular weight excluding hydrogens is 417 g/mol. The summed E-state index contributed by atoms with van der Waals surface area (Å²) in [4.78, 5) is 12.2. The first kappa shape index (κ1) is 20.5. The third kappa shape index (κ3) is 5.40. The van der Waals surface area contributed by atoms with E-state index in [-0.39, 0.29) is 27.0 Å². The molecule has 0 saturated heterocycles. The number of rotatable bonds is 6. The average Bonchev–Trinajstić information content (AvgIpc) is 2.71. The van der Waals surface area contributed by atoms with Crippen LogP contribution in [0.15, 0.2) is 82.8 Å². The highest BCUT2D eigenvalue weighted by atomic mass is 35.5. The quantitative estimate of drug-likeness (QED) is 0.456. The van der Waals surface area contributed by atoms with Gasteiger partial charge < -0.3 is 0 Å². The van der Waals surface area contributed by atoms with Crippen molar-refractivity contribution in [2.24, 2.45) is 5.10 Å². The molecule has 3 rings (SSSR count). The van der Waals surface area contributed by atoms with E-state index in [1.807, 2.05) is 0 Å². The normalized spacial score (nSPS) is 11.4. The zero-order valence-electron chi connectivity index (χ0n) is 14.8. The van der Waals surface area contributed by atoms with Crippen LogP contribution in [0.4, 0.5) is 10.1 Å². The summed E-state index contributed by atoms with van der Waals surface area (Å²) >= 11 is 5.99. The Morgan fingerprint density at radius 1 is 1.00 bits per heavy atom. The Hall–Kier alpha value is -3.23. The van der Waals surface area contributed by atoms with E-state index in [0.717, 1.165) is 0 Å². The topological polar surface area (TPSA) is 87.6 Å². The maximum Gasteiger partial charge on any atom is 0.271 e. The molecule has 0 saturated carbocycles. The van der Waals surface area contributed by atoms with Gasteiger partial charge in [-0.1, -0.05) is 41.9 Å². The smallest absolute Gasteiger partial charge is 0.271 e. The SMILES string of the molecule is O=C(N/N=C/c1ccc(F)cc1)c1cccc(S(=O)(=O)Nc2ccccc2Cl)c1. The second-order valence-corrected chi connectivity index (χ2v) is 7.95. The number of hydrogen-bond donors (Lipinski definition) is 2. The van der Waals surface area contributed by atoms with Gasteiger partial charge in [0.1, 0.15) is 5.82 Å². The predicted octanol–water partition coefficient (Wildman–Crippen LogP) is 4.04. The van der Waals surface area contributed by atoms with Crippen LogP contribution in [0.3, 0.4) is 0 Å². The van der Waals surface area contributed by atoms with Crippen LogP contribution in [0.2, 0.25) is 5.02 Å². The van der Waals surface area contributed by atoms with Crippen LogP contribution in [-0.2, 0) is 10.0 Å². The molecule has 0 aliphatic heterocycles. The second kappa shape index (κ2) is 8.85. The van der Waals surface area contributed by atoms with Gasteiger partial charge in [0.05, 0.1) is 21.8 Å². The number of nitrogens with zero attached hydrogens (tertiary/aromatic N) is 1. The molecule has 6 nitrogen and oxygen atoms in total. The molecule has 1 amide bonds. The minimum Gasteiger partial charge on any atom is -0.278 e. The van der Waals surface area contributed by atoms with Gasteiger partial charge in [-0.25, -0.2) is 18.2 Å². The van der Waals surface area contributed by atoms with Crippen molar-refractivity contribution in [1.82, 2.24) is 5.43 Å². The Labute approximate surface area is 172 Å². The fraction of sp³-hybridized carbons (Fsp3) is 0. The number of hydrogen-bond acceptors (Lipinski definition) is 4. The third-order valence-corrected chi connectivity index (χ3v) is 5.47. The lowest BCUT2D eigenvalue weighted by molar-refractivity contribution is 0.0955. The molecule has 3 aromatic rings. The minimum absolute atomic E-state index is 0.100. The number of benzene rings is 3. The van der Waals surface area contributed by atoms with Crippen molar-refractivity contribution in [2.45, 2.75) is 4.90 Å². The van der Waals surface area contributed by atoms with E-state index in [0.29, 0.717) is 5.56 Å². The van der Waals surface area contributed by atoms with Crippen molar-refractivity contribution in [2.75, 3.05) is 4.72 Å². The summed E-state index contributed by atoms with van der Waals surface area (Å²) in [6.07, 6.45) is 1.34. The molecular formula is C20H15ClFN3O3S. The fourth-order valence-electron chi connectivity index (χ4n) is 2.33. The molecule has 0 aliphatic rings. The number of carbonyl (C=O) groups is 1. The molecule has 0 aliphatic carbocycles. The molecule has 0 heterocycles. The van der Waals surface area contributed by atoms with E-state index >= 15 is 0 Å². The summed E-state index contributed by atoms with van der Waals surface area (Å²) in [5.74, 6) is -0.979. The number of amides is 1. The number of halogens is 2. The van der Waals surface area contributed by atoms with Crippen molar-refractivity contribution in [3.8, 4) is 0 Å². The summed E-state index contributed by atoms with van der Waals surface area (Å²) in [6.45, 7) is 0. The molecule has 0 unspecified atom stereocenters. The van der Waals surface area contributed by atoms with Gasteiger partial charge in [0.15, 0.2) is 0 Å². The van der Waals surface area contributed by atoms with Gasteiger partial charge in [-0.3, -0.25) is 9.52 Å². The highest BCUT2D eigenvalue weighted by molar-refractivity contribution is 7.92. The first-order valence-corrected chi connectivity index (χ1v) is 10.2. The first-order chi connectivity index (χ1) is 13.8. The Morgan fingerprint density at radius 2 is 1.72 bits per heavy atom. The average molecular weight is 432 g/mol. The molecule has 0 radical (unpaired) electrons. The van der Waals surface area contributed by atoms with Crippen LogP contribution in [0.25, 0.3) is 0 Å². The third-order valence-electron chi connectivity index (χ3n) is 3.77. The van der Waals surface area contributed by atoms with Crippen molar-refractivity contribution < 1.29 is 17.6 Å². The molecule has 0 bridgehead atoms. The summed E-state index contributed by atoms with van der Waals surface area (Å²) in [7, 11) is -3.95. The molecule has 0 fully saturated rings. The summed E-state index contributed by atoms with van der Waals surface area (Å²) in [5, 5.41) is 4.04. The summed E-state index contributed by atoms with van der Waals surface area (Å²) < 4.78 is 40.4. The van der Waals surface area contributed by atoms with Gasteiger partial charge >= 0.3 is 0 Å². The van der Waals surface area contributed by atoms with E-state index in [4.69, 9.17) is 11.6 Å². The standard InChI is InChI=1S/C20H15ClFN3O3S/c21-18-6-1-2-7-19(18)25-29(27,28)17-5-3-4-15(12-17)20(26)24-23-13-14-8-10-16(22)11-9-14/h1-13,25H,(H,24,26)/b23-13+. The zero-order valence-corrected chi connectivity index (χ0v) is 16.4. The van der Waals surface area contributed by atoms with Crippen LogP contribution in [0, 0.1) is 5.82 Å². The van der Waals surface area contributed by atoms with Crippen LogP contribution in [-0.4, -0.2) is 20.5 Å². The molecule has 0 aromatic heterocycles. The van der Waals surface area contributed by atoms with Crippen LogP contribution in [0.1, 0.15) is 15.9 Å². The van der Waals surface area contributed by atoms with Crippen LogP contribution < -0.4 is 10.1 Å². The highest BCUT2D eigenvalue weighted by Crippen LogP contribution is 2.24. The Morgan fingerprint density at radius 3 is 2.45 bits per heavy atom. The number of carbonyl (C=O) groups excluding carboxylic acids is 1. The number of nitrogens with one attached hydrogen (secondary N) is 2. The van der Waals surface area contributed by atoms with E-state index in [9.17, 15) is 17.6 Å². The van der Waals surface area contributed by atoms with Gasteiger partial charge in [0.25, 0.3) is 15.9 Å². The highest BCUT2D eigenvalue weighted by Gasteiger charge is 2.17. The maximum absolute atomic E-state index is 12.9. The molecule has 2 N–H and O–H groups in total. The van der Waals surface area contributed by atoms with Gasteiger partial charge in [0, 0.05) is 5.56 Å². The van der Waals surface area contributed by atoms with Gasteiger partial charge in [-0.2, -0.15) is 5.10 Å². The van der Waals surface area contributed by atoms with Crippen molar-refractivity contribution in [3.63, 3.8) is 0 Å². The lowest BCUT2D eigenvalue weighted by atomic mass is 10.2. The number of para-hydroxylation sites is 1. The van der Waals surface area contributed by atoms with Crippen molar-refractivity contribution in [3.05, 3.63) is 94.8 Å². The minimum atomic E-state index is -3.95.